The maximum atomic E-state index is 12.0. The van der Waals surface area contributed by atoms with Crippen molar-refractivity contribution in [1.29, 1.82) is 0 Å². The van der Waals surface area contributed by atoms with Gasteiger partial charge in [0.15, 0.2) is 6.10 Å². The van der Waals surface area contributed by atoms with Crippen molar-refractivity contribution in [3.63, 3.8) is 0 Å². The first-order valence-corrected chi connectivity index (χ1v) is 7.77. The summed E-state index contributed by atoms with van der Waals surface area (Å²) < 4.78 is 10.0. The third-order valence-corrected chi connectivity index (χ3v) is 3.97. The Labute approximate surface area is 137 Å². The lowest BCUT2D eigenvalue weighted by atomic mass is 10.2. The molecule has 2 rings (SSSR count). The lowest BCUT2D eigenvalue weighted by Crippen LogP contribution is -2.35. The van der Waals surface area contributed by atoms with E-state index in [2.05, 4.69) is 5.32 Å². The molecule has 1 atom stereocenters. The molecule has 0 bridgehead atoms. The summed E-state index contributed by atoms with van der Waals surface area (Å²) in [5.41, 5.74) is -0.0243. The Hall–Kier alpha value is -2.54. The molecule has 2 aromatic rings. The van der Waals surface area contributed by atoms with Crippen LogP contribution in [0.1, 0.15) is 22.2 Å². The number of methoxy groups -OCH3 is 1. The third-order valence-electron chi connectivity index (χ3n) is 3.09. The van der Waals surface area contributed by atoms with Gasteiger partial charge in [0.05, 0.1) is 13.7 Å². The number of ether oxygens (including phenoxy) is 2. The summed E-state index contributed by atoms with van der Waals surface area (Å²) in [7, 11) is 1.45. The van der Waals surface area contributed by atoms with Crippen molar-refractivity contribution in [3.05, 3.63) is 46.2 Å². The predicted octanol–water partition coefficient (Wildman–Crippen LogP) is 2.32. The average Bonchev–Trinajstić information content (AvgIpc) is 3.05. The molecule has 0 spiro atoms. The van der Waals surface area contributed by atoms with Gasteiger partial charge in [0.25, 0.3) is 5.91 Å². The predicted molar refractivity (Wildman–Crippen MR) is 85.7 cm³/mol. The second-order valence-electron chi connectivity index (χ2n) is 4.73. The summed E-state index contributed by atoms with van der Waals surface area (Å²) in [6, 6.07) is 8.00. The number of hydrogen-bond donors (Lipinski definition) is 2. The fraction of sp³-hybridized carbons (Fsp3) is 0.250. The van der Waals surface area contributed by atoms with Gasteiger partial charge in [-0.1, -0.05) is 6.07 Å². The van der Waals surface area contributed by atoms with Gasteiger partial charge in [-0.2, -0.15) is 0 Å². The van der Waals surface area contributed by atoms with Crippen LogP contribution in [0.3, 0.4) is 0 Å². The zero-order chi connectivity index (χ0) is 16.8. The van der Waals surface area contributed by atoms with E-state index in [1.54, 1.807) is 0 Å². The average molecular weight is 335 g/mol. The van der Waals surface area contributed by atoms with Crippen molar-refractivity contribution in [3.8, 4) is 11.5 Å². The van der Waals surface area contributed by atoms with Crippen molar-refractivity contribution in [2.75, 3.05) is 7.11 Å². The number of amides is 1. The number of esters is 1. The van der Waals surface area contributed by atoms with Gasteiger partial charge < -0.3 is 19.9 Å². The zero-order valence-electron chi connectivity index (χ0n) is 12.7. The first-order valence-electron chi connectivity index (χ1n) is 6.89. The molecule has 1 heterocycles. The molecule has 122 valence electrons. The summed E-state index contributed by atoms with van der Waals surface area (Å²) in [6.45, 7) is 1.86. The number of nitrogens with one attached hydrogen (secondary N) is 1. The minimum Gasteiger partial charge on any atom is -0.507 e. The molecule has 0 saturated heterocycles. The molecule has 0 unspecified atom stereocenters. The van der Waals surface area contributed by atoms with Crippen LogP contribution in [-0.4, -0.2) is 30.2 Å². The summed E-state index contributed by atoms with van der Waals surface area (Å²) in [5.74, 6) is -1.02. The van der Waals surface area contributed by atoms with E-state index in [-0.39, 0.29) is 11.3 Å². The van der Waals surface area contributed by atoms with Crippen molar-refractivity contribution in [1.82, 2.24) is 5.32 Å². The first kappa shape index (κ1) is 16.8. The molecule has 0 aliphatic rings. The molecule has 1 aromatic carbocycles. The highest BCUT2D eigenvalue weighted by molar-refractivity contribution is 7.09. The normalized spacial score (nSPS) is 11.6. The number of rotatable bonds is 6. The second kappa shape index (κ2) is 7.64. The number of hydrogen-bond acceptors (Lipinski definition) is 6. The van der Waals surface area contributed by atoms with Crippen LogP contribution in [0, 0.1) is 0 Å². The largest absolute Gasteiger partial charge is 0.507 e. The molecule has 7 heteroatoms. The van der Waals surface area contributed by atoms with E-state index in [9.17, 15) is 14.7 Å². The number of phenols is 1. The number of aromatic hydroxyl groups is 1. The third kappa shape index (κ3) is 4.46. The Bertz CT molecular complexity index is 684. The molecule has 1 amide bonds. The summed E-state index contributed by atoms with van der Waals surface area (Å²) in [5, 5.41) is 14.4. The van der Waals surface area contributed by atoms with Gasteiger partial charge in [0, 0.05) is 10.9 Å². The fourth-order valence-corrected chi connectivity index (χ4v) is 2.46. The van der Waals surface area contributed by atoms with E-state index < -0.39 is 18.0 Å². The van der Waals surface area contributed by atoms with E-state index in [4.69, 9.17) is 9.47 Å². The maximum Gasteiger partial charge on any atom is 0.342 e. The van der Waals surface area contributed by atoms with Gasteiger partial charge in [-0.25, -0.2) is 4.79 Å². The molecule has 0 aliphatic heterocycles. The minimum atomic E-state index is -0.969. The fourth-order valence-electron chi connectivity index (χ4n) is 1.82. The molecule has 0 radical (unpaired) electrons. The monoisotopic (exact) mass is 335 g/mol. The highest BCUT2D eigenvalue weighted by atomic mass is 32.1. The minimum absolute atomic E-state index is 0.0243. The molecule has 2 N–H and O–H groups in total. The molecule has 0 aliphatic carbocycles. The first-order chi connectivity index (χ1) is 11.0. The molecular weight excluding hydrogens is 318 g/mol. The van der Waals surface area contributed by atoms with Crippen molar-refractivity contribution >= 4 is 23.2 Å². The smallest absolute Gasteiger partial charge is 0.342 e. The molecule has 0 saturated carbocycles. The van der Waals surface area contributed by atoms with Crippen LogP contribution in [0.2, 0.25) is 0 Å². The number of carbonyl (C=O) groups is 2. The Kier molecular flexibility index (Phi) is 5.59. The quantitative estimate of drug-likeness (QED) is 0.792. The second-order valence-corrected chi connectivity index (χ2v) is 5.76. The Morgan fingerprint density at radius 3 is 2.74 bits per heavy atom. The van der Waals surface area contributed by atoms with Gasteiger partial charge >= 0.3 is 5.97 Å². The van der Waals surface area contributed by atoms with Gasteiger partial charge in [-0.05, 0) is 30.5 Å². The highest BCUT2D eigenvalue weighted by Gasteiger charge is 2.21. The van der Waals surface area contributed by atoms with Crippen LogP contribution in [0.15, 0.2) is 35.7 Å². The van der Waals surface area contributed by atoms with Crippen LogP contribution >= 0.6 is 11.3 Å². The van der Waals surface area contributed by atoms with Gasteiger partial charge in [-0.3, -0.25) is 4.79 Å². The maximum absolute atomic E-state index is 12.0. The molecule has 23 heavy (non-hydrogen) atoms. The number of carbonyl (C=O) groups excluding carboxylic acids is 2. The number of phenolic OH excluding ortho intramolecular Hbond substituents is 1. The van der Waals surface area contributed by atoms with E-state index in [1.165, 1.54) is 43.6 Å². The SMILES string of the molecule is COc1ccc(C(=O)O[C@H](C)C(=O)NCc2cccs2)c(O)c1. The Morgan fingerprint density at radius 2 is 2.13 bits per heavy atom. The van der Waals surface area contributed by atoms with Crippen molar-refractivity contribution in [2.45, 2.75) is 19.6 Å². The molecule has 6 nitrogen and oxygen atoms in total. The Morgan fingerprint density at radius 1 is 1.35 bits per heavy atom. The topological polar surface area (TPSA) is 84.9 Å². The van der Waals surface area contributed by atoms with Crippen molar-refractivity contribution < 1.29 is 24.2 Å². The van der Waals surface area contributed by atoms with Crippen LogP contribution < -0.4 is 10.1 Å². The van der Waals surface area contributed by atoms with E-state index in [0.717, 1.165) is 4.88 Å². The van der Waals surface area contributed by atoms with Gasteiger partial charge in [0.2, 0.25) is 0 Å². The zero-order valence-corrected chi connectivity index (χ0v) is 13.6. The van der Waals surface area contributed by atoms with E-state index in [0.29, 0.717) is 12.3 Å². The van der Waals surface area contributed by atoms with E-state index >= 15 is 0 Å². The van der Waals surface area contributed by atoms with Crippen LogP contribution in [-0.2, 0) is 16.1 Å². The molecular formula is C16H17NO5S. The molecule has 0 fully saturated rings. The summed E-state index contributed by atoms with van der Waals surface area (Å²) in [6.07, 6.45) is -0.969. The standard InChI is InChI=1S/C16H17NO5S/c1-10(15(19)17-9-12-4-3-7-23-12)22-16(20)13-6-5-11(21-2)8-14(13)18/h3-8,10,18H,9H2,1-2H3,(H,17,19)/t10-/m1/s1. The van der Waals surface area contributed by atoms with Crippen LogP contribution in [0.25, 0.3) is 0 Å². The lowest BCUT2D eigenvalue weighted by Gasteiger charge is -2.14. The summed E-state index contributed by atoms with van der Waals surface area (Å²) in [4.78, 5) is 24.9. The lowest BCUT2D eigenvalue weighted by molar-refractivity contribution is -0.129. The van der Waals surface area contributed by atoms with Gasteiger partial charge in [0.1, 0.15) is 17.1 Å². The molecule has 1 aromatic heterocycles. The number of benzene rings is 1. The summed E-state index contributed by atoms with van der Waals surface area (Å²) >= 11 is 1.53. The van der Waals surface area contributed by atoms with E-state index in [1.807, 2.05) is 17.5 Å². The van der Waals surface area contributed by atoms with Crippen LogP contribution in [0.4, 0.5) is 0 Å². The Balaban J connectivity index is 1.92. The van der Waals surface area contributed by atoms with Crippen molar-refractivity contribution in [2.24, 2.45) is 0 Å². The van der Waals surface area contributed by atoms with Crippen LogP contribution in [0.5, 0.6) is 11.5 Å². The highest BCUT2D eigenvalue weighted by Crippen LogP contribution is 2.24. The van der Waals surface area contributed by atoms with Gasteiger partial charge in [-0.15, -0.1) is 11.3 Å². The number of thiophene rings is 1.